The van der Waals surface area contributed by atoms with Crippen molar-refractivity contribution in [3.63, 3.8) is 0 Å². The van der Waals surface area contributed by atoms with Crippen LogP contribution in [0.1, 0.15) is 31.9 Å². The van der Waals surface area contributed by atoms with Crippen LogP contribution >= 0.6 is 11.6 Å². The number of carbonyl (C=O) groups is 2. The van der Waals surface area contributed by atoms with Crippen molar-refractivity contribution in [1.82, 2.24) is 5.32 Å². The Morgan fingerprint density at radius 2 is 2.00 bits per heavy atom. The van der Waals surface area contributed by atoms with Gasteiger partial charge in [-0.25, -0.2) is 0 Å². The molecule has 5 nitrogen and oxygen atoms in total. The molecule has 0 fully saturated rings. The average molecular weight is 359 g/mol. The summed E-state index contributed by atoms with van der Waals surface area (Å²) >= 11 is 5.93. The summed E-state index contributed by atoms with van der Waals surface area (Å²) < 4.78 is 5.75. The third kappa shape index (κ3) is 3.33. The van der Waals surface area contributed by atoms with Gasteiger partial charge in [-0.15, -0.1) is 0 Å². The maximum atomic E-state index is 12.8. The molecule has 6 heteroatoms. The normalized spacial score (nSPS) is 20.0. The van der Waals surface area contributed by atoms with E-state index in [1.807, 2.05) is 37.3 Å². The molecule has 2 amide bonds. The maximum Gasteiger partial charge on any atom is 0.278 e. The molecule has 0 saturated heterocycles. The van der Waals surface area contributed by atoms with E-state index in [1.54, 1.807) is 18.2 Å². The molecule has 1 aliphatic heterocycles. The first-order chi connectivity index (χ1) is 11.9. The van der Waals surface area contributed by atoms with E-state index < -0.39 is 17.4 Å². The molecule has 1 aliphatic rings. The van der Waals surface area contributed by atoms with E-state index in [-0.39, 0.29) is 6.04 Å². The van der Waals surface area contributed by atoms with Crippen LogP contribution in [-0.4, -0.2) is 17.4 Å². The molecule has 2 atom stereocenters. The molecule has 3 rings (SSSR count). The van der Waals surface area contributed by atoms with Gasteiger partial charge in [-0.05, 0) is 37.1 Å². The van der Waals surface area contributed by atoms with Crippen molar-refractivity contribution >= 4 is 29.1 Å². The highest BCUT2D eigenvalue weighted by Crippen LogP contribution is 2.36. The zero-order valence-electron chi connectivity index (χ0n) is 14.0. The lowest BCUT2D eigenvalue weighted by atomic mass is 9.99. The molecule has 25 heavy (non-hydrogen) atoms. The number of halogens is 1. The molecule has 2 N–H and O–H groups in total. The standard InChI is InChI=1S/C19H19ClN2O3/c1-3-14(12-7-5-4-6-8-12)21-17(23)19(2)18(24)22-15-11-13(20)9-10-16(15)25-19/h4-11,14H,3H2,1-2H3,(H,21,23)(H,22,24). The molecule has 2 unspecified atom stereocenters. The molecular formula is C19H19ClN2O3. The largest absolute Gasteiger partial charge is 0.466 e. The number of benzene rings is 2. The minimum atomic E-state index is -1.65. The molecule has 0 aromatic heterocycles. The van der Waals surface area contributed by atoms with Crippen LogP contribution in [0.5, 0.6) is 5.75 Å². The van der Waals surface area contributed by atoms with E-state index in [2.05, 4.69) is 10.6 Å². The van der Waals surface area contributed by atoms with Gasteiger partial charge in [0.1, 0.15) is 5.75 Å². The van der Waals surface area contributed by atoms with Crippen molar-refractivity contribution in [2.45, 2.75) is 31.9 Å². The van der Waals surface area contributed by atoms with Crippen molar-refractivity contribution in [2.75, 3.05) is 5.32 Å². The molecule has 1 heterocycles. The molecular weight excluding hydrogens is 340 g/mol. The van der Waals surface area contributed by atoms with Crippen molar-refractivity contribution < 1.29 is 14.3 Å². The molecule has 0 spiro atoms. The quantitative estimate of drug-likeness (QED) is 0.819. The highest BCUT2D eigenvalue weighted by atomic mass is 35.5. The van der Waals surface area contributed by atoms with E-state index in [0.717, 1.165) is 5.56 Å². The summed E-state index contributed by atoms with van der Waals surface area (Å²) in [6.07, 6.45) is 0.694. The summed E-state index contributed by atoms with van der Waals surface area (Å²) in [6.45, 7) is 3.44. The second-order valence-corrected chi connectivity index (χ2v) is 6.51. The Labute approximate surface area is 151 Å². The minimum Gasteiger partial charge on any atom is -0.466 e. The van der Waals surface area contributed by atoms with Gasteiger partial charge in [0.2, 0.25) is 0 Å². The van der Waals surface area contributed by atoms with Crippen LogP contribution < -0.4 is 15.4 Å². The van der Waals surface area contributed by atoms with Gasteiger partial charge in [-0.3, -0.25) is 9.59 Å². The zero-order chi connectivity index (χ0) is 18.0. The summed E-state index contributed by atoms with van der Waals surface area (Å²) in [5.41, 5.74) is -0.216. The maximum absolute atomic E-state index is 12.8. The first-order valence-corrected chi connectivity index (χ1v) is 8.47. The lowest BCUT2D eigenvalue weighted by Crippen LogP contribution is -2.59. The van der Waals surface area contributed by atoms with Crippen LogP contribution in [0.4, 0.5) is 5.69 Å². The van der Waals surface area contributed by atoms with Gasteiger partial charge in [0.05, 0.1) is 11.7 Å². The molecule has 0 saturated carbocycles. The first-order valence-electron chi connectivity index (χ1n) is 8.10. The van der Waals surface area contributed by atoms with E-state index in [1.165, 1.54) is 6.92 Å². The van der Waals surface area contributed by atoms with Crippen molar-refractivity contribution in [2.24, 2.45) is 0 Å². The lowest BCUT2D eigenvalue weighted by Gasteiger charge is -2.34. The predicted molar refractivity (Wildman–Crippen MR) is 96.7 cm³/mol. The van der Waals surface area contributed by atoms with Gasteiger partial charge in [-0.1, -0.05) is 48.9 Å². The molecule has 130 valence electrons. The summed E-state index contributed by atoms with van der Waals surface area (Å²) in [5, 5.41) is 6.09. The molecule has 2 aromatic rings. The van der Waals surface area contributed by atoms with Crippen LogP contribution in [0.3, 0.4) is 0 Å². The van der Waals surface area contributed by atoms with Gasteiger partial charge < -0.3 is 15.4 Å². The topological polar surface area (TPSA) is 67.4 Å². The molecule has 0 aliphatic carbocycles. The number of carbonyl (C=O) groups excluding carboxylic acids is 2. The van der Waals surface area contributed by atoms with Crippen LogP contribution in [0.15, 0.2) is 48.5 Å². The van der Waals surface area contributed by atoms with Crippen LogP contribution in [-0.2, 0) is 9.59 Å². The molecule has 2 aromatic carbocycles. The van der Waals surface area contributed by atoms with Crippen LogP contribution in [0.2, 0.25) is 5.02 Å². The SMILES string of the molecule is CCC(NC(=O)C1(C)Oc2ccc(Cl)cc2NC1=O)c1ccccc1. The monoisotopic (exact) mass is 358 g/mol. The number of rotatable bonds is 4. The number of anilines is 1. The summed E-state index contributed by atoms with van der Waals surface area (Å²) in [5.74, 6) is -0.599. The zero-order valence-corrected chi connectivity index (χ0v) is 14.8. The van der Waals surface area contributed by atoms with E-state index >= 15 is 0 Å². The summed E-state index contributed by atoms with van der Waals surface area (Å²) in [7, 11) is 0. The first kappa shape index (κ1) is 17.3. The van der Waals surface area contributed by atoms with Gasteiger partial charge >= 0.3 is 0 Å². The van der Waals surface area contributed by atoms with Gasteiger partial charge in [0.25, 0.3) is 17.4 Å². The third-order valence-corrected chi connectivity index (χ3v) is 4.52. The van der Waals surface area contributed by atoms with E-state index in [0.29, 0.717) is 22.9 Å². The second-order valence-electron chi connectivity index (χ2n) is 6.07. The minimum absolute atomic E-state index is 0.200. The predicted octanol–water partition coefficient (Wildman–Crippen LogP) is 3.70. The number of hydrogen-bond acceptors (Lipinski definition) is 3. The Morgan fingerprint density at radius 3 is 2.68 bits per heavy atom. The molecule has 0 bridgehead atoms. The Kier molecular flexibility index (Phi) is 4.68. The number of fused-ring (bicyclic) bond motifs is 1. The highest BCUT2D eigenvalue weighted by molar-refractivity contribution is 6.31. The van der Waals surface area contributed by atoms with Crippen LogP contribution in [0.25, 0.3) is 0 Å². The van der Waals surface area contributed by atoms with E-state index in [9.17, 15) is 9.59 Å². The second kappa shape index (κ2) is 6.76. The van der Waals surface area contributed by atoms with Gasteiger partial charge in [-0.2, -0.15) is 0 Å². The number of amides is 2. The fourth-order valence-corrected chi connectivity index (χ4v) is 2.92. The van der Waals surface area contributed by atoms with Crippen molar-refractivity contribution in [3.05, 3.63) is 59.1 Å². The number of nitrogens with one attached hydrogen (secondary N) is 2. The third-order valence-electron chi connectivity index (χ3n) is 4.29. The molecule has 0 radical (unpaired) electrons. The summed E-state index contributed by atoms with van der Waals surface area (Å²) in [6, 6.07) is 14.3. The van der Waals surface area contributed by atoms with E-state index in [4.69, 9.17) is 16.3 Å². The number of hydrogen-bond donors (Lipinski definition) is 2. The smallest absolute Gasteiger partial charge is 0.278 e. The fourth-order valence-electron chi connectivity index (χ4n) is 2.75. The Balaban J connectivity index is 1.83. The average Bonchev–Trinajstić information content (AvgIpc) is 2.61. The summed E-state index contributed by atoms with van der Waals surface area (Å²) in [4.78, 5) is 25.3. The van der Waals surface area contributed by atoms with Gasteiger partial charge in [0.15, 0.2) is 0 Å². The Morgan fingerprint density at radius 1 is 1.28 bits per heavy atom. The fraction of sp³-hybridized carbons (Fsp3) is 0.263. The van der Waals surface area contributed by atoms with Gasteiger partial charge in [0, 0.05) is 5.02 Å². The Bertz CT molecular complexity index is 810. The van der Waals surface area contributed by atoms with Crippen molar-refractivity contribution in [1.29, 1.82) is 0 Å². The highest BCUT2D eigenvalue weighted by Gasteiger charge is 2.47. The van der Waals surface area contributed by atoms with Crippen LogP contribution in [0, 0.1) is 0 Å². The Hall–Kier alpha value is -2.53. The number of ether oxygens (including phenoxy) is 1. The lowest BCUT2D eigenvalue weighted by molar-refractivity contribution is -0.147. The van der Waals surface area contributed by atoms with Crippen molar-refractivity contribution in [3.8, 4) is 5.75 Å².